The third-order valence-electron chi connectivity index (χ3n) is 6.41. The highest BCUT2D eigenvalue weighted by Gasteiger charge is 2.12. The maximum Gasteiger partial charge on any atom is 0.411 e. The molecule has 2 aromatic carbocycles. The summed E-state index contributed by atoms with van der Waals surface area (Å²) in [6.45, 7) is 5.01. The van der Waals surface area contributed by atoms with Crippen molar-refractivity contribution in [1.82, 2.24) is 0 Å². The van der Waals surface area contributed by atoms with Gasteiger partial charge >= 0.3 is 24.1 Å². The highest BCUT2D eigenvalue weighted by atomic mass is 16.6. The van der Waals surface area contributed by atoms with E-state index in [4.69, 9.17) is 19.7 Å². The molecule has 260 valence electrons. The molecule has 0 aliphatic carbocycles. The highest BCUT2D eigenvalue weighted by molar-refractivity contribution is 5.93. The molecule has 2 amide bonds. The lowest BCUT2D eigenvalue weighted by molar-refractivity contribution is 0.0682. The van der Waals surface area contributed by atoms with Gasteiger partial charge in [-0.15, -0.1) is 0 Å². The Morgan fingerprint density at radius 1 is 0.565 bits per heavy atom. The zero-order chi connectivity index (χ0) is 32.7. The molecular weight excluding hydrogens is 604 g/mol. The van der Waals surface area contributed by atoms with Gasteiger partial charge in [-0.05, 0) is 37.1 Å². The first kappa shape index (κ1) is 43.6. The van der Waals surface area contributed by atoms with Gasteiger partial charge in [0.1, 0.15) is 22.6 Å². The summed E-state index contributed by atoms with van der Waals surface area (Å²) in [4.78, 5) is 44.6. The molecule has 0 heterocycles. The number of aromatic hydroxyl groups is 2. The lowest BCUT2D eigenvalue weighted by Crippen LogP contribution is -2.14. The van der Waals surface area contributed by atoms with Crippen LogP contribution in [0.5, 0.6) is 11.5 Å². The Morgan fingerprint density at radius 3 is 1.20 bits per heavy atom. The molecule has 0 atom stereocenters. The molecule has 0 saturated heterocycles. The quantitative estimate of drug-likeness (QED) is 0.0970. The molecule has 0 aromatic heterocycles. The van der Waals surface area contributed by atoms with Crippen LogP contribution in [0.4, 0.5) is 21.0 Å². The molecule has 14 nitrogen and oxygen atoms in total. The first-order valence-electron chi connectivity index (χ1n) is 15.1. The van der Waals surface area contributed by atoms with Gasteiger partial charge in [0.25, 0.3) is 0 Å². The Bertz CT molecular complexity index is 1100. The predicted molar refractivity (Wildman–Crippen MR) is 174 cm³/mol. The second-order valence-electron chi connectivity index (χ2n) is 10.1. The summed E-state index contributed by atoms with van der Waals surface area (Å²) < 4.78 is 10.0. The average molecular weight is 655 g/mol. The normalized spacial score (nSPS) is 9.78. The third-order valence-corrected chi connectivity index (χ3v) is 6.41. The first-order valence-corrected chi connectivity index (χ1v) is 15.1. The molecule has 0 aliphatic rings. The van der Waals surface area contributed by atoms with E-state index in [0.29, 0.717) is 13.2 Å². The smallest absolute Gasteiger partial charge is 0.411 e. The van der Waals surface area contributed by atoms with Crippen molar-refractivity contribution in [2.24, 2.45) is 0 Å². The summed E-state index contributed by atoms with van der Waals surface area (Å²) in [5, 5.41) is 41.5. The average Bonchev–Trinajstić information content (AvgIpc) is 2.96. The van der Waals surface area contributed by atoms with Crippen molar-refractivity contribution in [2.75, 3.05) is 23.8 Å². The van der Waals surface area contributed by atoms with Gasteiger partial charge in [-0.3, -0.25) is 10.6 Å². The number of amides is 2. The fourth-order valence-electron chi connectivity index (χ4n) is 3.98. The van der Waals surface area contributed by atoms with E-state index in [9.17, 15) is 29.4 Å². The summed E-state index contributed by atoms with van der Waals surface area (Å²) in [5.74, 6) is -3.26. The molecule has 46 heavy (non-hydrogen) atoms. The number of benzene rings is 2. The summed E-state index contributed by atoms with van der Waals surface area (Å²) in [6.07, 6.45) is 12.0. The first-order chi connectivity index (χ1) is 21.1. The fraction of sp³-hybridized carbons (Fsp3) is 0.500. The number of rotatable bonds is 18. The van der Waals surface area contributed by atoms with Gasteiger partial charge in [-0.25, -0.2) is 19.2 Å². The summed E-state index contributed by atoms with van der Waals surface area (Å²) in [5.41, 5.74) is 0.142. The second kappa shape index (κ2) is 25.7. The van der Waals surface area contributed by atoms with Gasteiger partial charge in [-0.1, -0.05) is 78.1 Å². The van der Waals surface area contributed by atoms with Crippen LogP contribution in [-0.4, -0.2) is 68.7 Å². The fourth-order valence-corrected chi connectivity index (χ4v) is 3.98. The van der Waals surface area contributed by atoms with E-state index >= 15 is 0 Å². The van der Waals surface area contributed by atoms with E-state index in [-0.39, 0.29) is 33.5 Å². The number of carbonyl (C=O) groups is 4. The lowest BCUT2D eigenvalue weighted by Gasteiger charge is -2.08. The number of unbranched alkanes of at least 4 members (excludes halogenated alkanes) is 10. The number of hydrogen-bond acceptors (Lipinski definition) is 8. The monoisotopic (exact) mass is 654 g/mol. The molecule has 0 bridgehead atoms. The third kappa shape index (κ3) is 19.0. The van der Waals surface area contributed by atoms with Gasteiger partial charge in [0, 0.05) is 23.5 Å². The van der Waals surface area contributed by atoms with Gasteiger partial charge in [0.15, 0.2) is 0 Å². The Hall–Kier alpha value is -4.56. The van der Waals surface area contributed by atoms with Crippen molar-refractivity contribution in [1.29, 1.82) is 0 Å². The van der Waals surface area contributed by atoms with Crippen LogP contribution in [-0.2, 0) is 9.47 Å². The minimum Gasteiger partial charge on any atom is -0.507 e. The standard InChI is InChI=1S/2C16H23NO5.2H2O/c2*1-2-3-4-5-6-7-10-22-16(21)17-12-8-9-13(15(19)20)14(18)11-12;;/h2*8-9,11,18H,2-7,10H2,1H3,(H,17,21)(H,19,20);2*1H2. The number of aromatic carboxylic acids is 2. The number of carbonyl (C=O) groups excluding carboxylic acids is 2. The van der Waals surface area contributed by atoms with Gasteiger partial charge in [0.05, 0.1) is 13.2 Å². The number of carboxylic acid groups (broad SMARTS) is 2. The van der Waals surface area contributed by atoms with E-state index in [1.165, 1.54) is 74.9 Å². The van der Waals surface area contributed by atoms with Crippen LogP contribution in [0.2, 0.25) is 0 Å². The molecule has 0 radical (unpaired) electrons. The minimum absolute atomic E-state index is 0. The lowest BCUT2D eigenvalue weighted by atomic mass is 10.1. The number of anilines is 2. The molecule has 0 saturated carbocycles. The topological polar surface area (TPSA) is 255 Å². The Kier molecular flexibility index (Phi) is 24.4. The SMILES string of the molecule is CCCCCCCCOC(=O)Nc1ccc(C(=O)O)c(O)c1.CCCCCCCCOC(=O)Nc1ccc(C(=O)O)c(O)c1.O.O. The van der Waals surface area contributed by atoms with Crippen LogP contribution in [0, 0.1) is 0 Å². The maximum atomic E-state index is 11.5. The molecule has 10 N–H and O–H groups in total. The van der Waals surface area contributed by atoms with Crippen LogP contribution < -0.4 is 10.6 Å². The zero-order valence-electron chi connectivity index (χ0n) is 26.6. The van der Waals surface area contributed by atoms with Crippen molar-refractivity contribution in [3.8, 4) is 11.5 Å². The van der Waals surface area contributed by atoms with E-state index < -0.39 is 35.6 Å². The van der Waals surface area contributed by atoms with Crippen LogP contribution in [0.1, 0.15) is 112 Å². The number of hydrogen-bond donors (Lipinski definition) is 6. The van der Waals surface area contributed by atoms with E-state index in [0.717, 1.165) is 38.5 Å². The molecule has 0 fully saturated rings. The number of phenols is 2. The van der Waals surface area contributed by atoms with Gasteiger partial charge < -0.3 is 40.9 Å². The molecule has 14 heteroatoms. The van der Waals surface area contributed by atoms with E-state index in [2.05, 4.69) is 24.5 Å². The molecule has 2 rings (SSSR count). The summed E-state index contributed by atoms with van der Waals surface area (Å²) >= 11 is 0. The van der Waals surface area contributed by atoms with Crippen molar-refractivity contribution >= 4 is 35.5 Å². The molecular formula is C32H50N2O12. The predicted octanol–water partition coefficient (Wildman–Crippen LogP) is 6.35. The minimum atomic E-state index is -1.23. The maximum absolute atomic E-state index is 11.5. The Labute approximate surface area is 269 Å². The Morgan fingerprint density at radius 2 is 0.891 bits per heavy atom. The van der Waals surface area contributed by atoms with Crippen LogP contribution in [0.15, 0.2) is 36.4 Å². The largest absolute Gasteiger partial charge is 0.507 e. The summed E-state index contributed by atoms with van der Waals surface area (Å²) in [7, 11) is 0. The number of nitrogens with one attached hydrogen (secondary N) is 2. The second-order valence-corrected chi connectivity index (χ2v) is 10.1. The van der Waals surface area contributed by atoms with E-state index in [1.807, 2.05) is 0 Å². The number of ether oxygens (including phenoxy) is 2. The van der Waals surface area contributed by atoms with Crippen molar-refractivity contribution in [3.05, 3.63) is 47.5 Å². The van der Waals surface area contributed by atoms with Crippen molar-refractivity contribution < 1.29 is 60.0 Å². The van der Waals surface area contributed by atoms with Crippen LogP contribution in [0.3, 0.4) is 0 Å². The van der Waals surface area contributed by atoms with Crippen LogP contribution in [0.25, 0.3) is 0 Å². The van der Waals surface area contributed by atoms with Gasteiger partial charge in [-0.2, -0.15) is 0 Å². The van der Waals surface area contributed by atoms with E-state index in [1.54, 1.807) is 0 Å². The van der Waals surface area contributed by atoms with Crippen molar-refractivity contribution in [3.63, 3.8) is 0 Å². The van der Waals surface area contributed by atoms with Gasteiger partial charge in [0.2, 0.25) is 0 Å². The molecule has 2 aromatic rings. The molecule has 0 aliphatic heterocycles. The molecule has 0 unspecified atom stereocenters. The zero-order valence-corrected chi connectivity index (χ0v) is 26.6. The summed E-state index contributed by atoms with van der Waals surface area (Å²) in [6, 6.07) is 7.59. The number of carboxylic acids is 2. The van der Waals surface area contributed by atoms with Crippen molar-refractivity contribution in [2.45, 2.75) is 90.9 Å². The highest BCUT2D eigenvalue weighted by Crippen LogP contribution is 2.23. The van der Waals surface area contributed by atoms with Crippen LogP contribution >= 0.6 is 0 Å². The molecule has 0 spiro atoms. The Balaban J connectivity index is 0.